The van der Waals surface area contributed by atoms with Crippen LogP contribution in [-0.4, -0.2) is 4.98 Å². The molecule has 0 spiro atoms. The van der Waals surface area contributed by atoms with Crippen molar-refractivity contribution in [3.05, 3.63) is 95.1 Å². The van der Waals surface area contributed by atoms with E-state index in [4.69, 9.17) is 11.6 Å². The Morgan fingerprint density at radius 2 is 1.37 bits per heavy atom. The highest BCUT2D eigenvalue weighted by Gasteiger charge is 2.36. The molecule has 0 aliphatic carbocycles. The topological polar surface area (TPSA) is 16.1 Å². The first kappa shape index (κ1) is 16.3. The van der Waals surface area contributed by atoms with Gasteiger partial charge in [-0.2, -0.15) is 0 Å². The highest BCUT2D eigenvalue weighted by molar-refractivity contribution is 6.36. The van der Waals surface area contributed by atoms with Crippen molar-refractivity contribution in [2.45, 2.75) is 19.3 Å². The SMILES string of the molecule is CC1(C)c2ccccc2N(c2ccnc3cccc(Cl)c23)c2ccccc21. The van der Waals surface area contributed by atoms with Gasteiger partial charge in [0.1, 0.15) is 0 Å². The van der Waals surface area contributed by atoms with E-state index in [1.807, 2.05) is 24.4 Å². The van der Waals surface area contributed by atoms with Crippen LogP contribution < -0.4 is 4.90 Å². The molecule has 132 valence electrons. The number of benzene rings is 3. The summed E-state index contributed by atoms with van der Waals surface area (Å²) < 4.78 is 0. The lowest BCUT2D eigenvalue weighted by Crippen LogP contribution is -2.30. The Hall–Kier alpha value is -2.84. The normalized spacial score (nSPS) is 14.7. The summed E-state index contributed by atoms with van der Waals surface area (Å²) in [5.74, 6) is 0. The first-order chi connectivity index (χ1) is 13.1. The molecular weight excluding hydrogens is 352 g/mol. The summed E-state index contributed by atoms with van der Waals surface area (Å²) in [4.78, 5) is 6.85. The van der Waals surface area contributed by atoms with E-state index in [1.54, 1.807) is 0 Å². The number of anilines is 3. The summed E-state index contributed by atoms with van der Waals surface area (Å²) in [5.41, 5.74) is 6.88. The van der Waals surface area contributed by atoms with Gasteiger partial charge >= 0.3 is 0 Å². The maximum Gasteiger partial charge on any atom is 0.0738 e. The van der Waals surface area contributed by atoms with Gasteiger partial charge in [0.15, 0.2) is 0 Å². The molecule has 2 nitrogen and oxygen atoms in total. The molecular formula is C24H19ClN2. The van der Waals surface area contributed by atoms with Gasteiger partial charge < -0.3 is 4.90 Å². The van der Waals surface area contributed by atoms with Crippen molar-refractivity contribution in [2.75, 3.05) is 4.90 Å². The van der Waals surface area contributed by atoms with Crippen molar-refractivity contribution in [2.24, 2.45) is 0 Å². The molecule has 27 heavy (non-hydrogen) atoms. The smallest absolute Gasteiger partial charge is 0.0738 e. The molecule has 1 aliphatic rings. The third kappa shape index (κ3) is 2.30. The molecule has 0 radical (unpaired) electrons. The monoisotopic (exact) mass is 370 g/mol. The molecule has 0 amide bonds. The van der Waals surface area contributed by atoms with Gasteiger partial charge in [0, 0.05) is 17.0 Å². The first-order valence-electron chi connectivity index (χ1n) is 9.11. The first-order valence-corrected chi connectivity index (χ1v) is 9.49. The average molecular weight is 371 g/mol. The van der Waals surface area contributed by atoms with Crippen molar-refractivity contribution in [3.8, 4) is 0 Å². The highest BCUT2D eigenvalue weighted by Crippen LogP contribution is 2.52. The minimum absolute atomic E-state index is 0.0731. The van der Waals surface area contributed by atoms with Crippen LogP contribution >= 0.6 is 11.6 Å². The van der Waals surface area contributed by atoms with E-state index < -0.39 is 0 Å². The summed E-state index contributed by atoms with van der Waals surface area (Å²) >= 11 is 6.62. The summed E-state index contributed by atoms with van der Waals surface area (Å²) in [5, 5.41) is 1.70. The van der Waals surface area contributed by atoms with E-state index >= 15 is 0 Å². The van der Waals surface area contributed by atoms with Crippen LogP contribution in [0.4, 0.5) is 17.1 Å². The number of pyridine rings is 1. The average Bonchev–Trinajstić information content (AvgIpc) is 2.69. The van der Waals surface area contributed by atoms with Gasteiger partial charge in [-0.25, -0.2) is 0 Å². The van der Waals surface area contributed by atoms with Gasteiger partial charge in [0.2, 0.25) is 0 Å². The number of hydrogen-bond acceptors (Lipinski definition) is 2. The number of fused-ring (bicyclic) bond motifs is 3. The van der Waals surface area contributed by atoms with Crippen molar-refractivity contribution >= 4 is 39.6 Å². The van der Waals surface area contributed by atoms with E-state index in [1.165, 1.54) is 22.5 Å². The molecule has 0 atom stereocenters. The number of rotatable bonds is 1. The second-order valence-electron chi connectivity index (χ2n) is 7.46. The molecule has 0 fully saturated rings. The quantitative estimate of drug-likeness (QED) is 0.358. The molecule has 2 heterocycles. The molecule has 0 saturated heterocycles. The Kier molecular flexibility index (Phi) is 3.53. The highest BCUT2D eigenvalue weighted by atomic mass is 35.5. The lowest BCUT2D eigenvalue weighted by atomic mass is 9.73. The van der Waals surface area contributed by atoms with Crippen LogP contribution in [0, 0.1) is 0 Å². The standard InChI is InChI=1S/C24H19ClN2/c1-24(2)16-8-3-5-12-20(16)27(21-13-6-4-9-17(21)24)22-14-15-26-19-11-7-10-18(25)23(19)22/h3-15H,1-2H3. The third-order valence-electron chi connectivity index (χ3n) is 5.57. The molecule has 1 aromatic heterocycles. The Morgan fingerprint density at radius 1 is 0.741 bits per heavy atom. The van der Waals surface area contributed by atoms with Crippen LogP contribution in [-0.2, 0) is 5.41 Å². The zero-order chi connectivity index (χ0) is 18.6. The van der Waals surface area contributed by atoms with Crippen molar-refractivity contribution < 1.29 is 0 Å². The Labute approximate surface area is 164 Å². The molecule has 0 bridgehead atoms. The van der Waals surface area contributed by atoms with Crippen LogP contribution in [0.3, 0.4) is 0 Å². The van der Waals surface area contributed by atoms with Gasteiger partial charge in [0.05, 0.1) is 27.6 Å². The van der Waals surface area contributed by atoms with Crippen molar-refractivity contribution in [1.29, 1.82) is 0 Å². The molecule has 1 aliphatic heterocycles. The zero-order valence-electron chi connectivity index (χ0n) is 15.3. The van der Waals surface area contributed by atoms with E-state index in [2.05, 4.69) is 78.3 Å². The van der Waals surface area contributed by atoms with E-state index in [9.17, 15) is 0 Å². The summed E-state index contributed by atoms with van der Waals surface area (Å²) in [6, 6.07) is 25.2. The molecule has 0 N–H and O–H groups in total. The Bertz CT molecular complexity index is 1130. The number of hydrogen-bond donors (Lipinski definition) is 0. The second kappa shape index (κ2) is 5.83. The predicted molar refractivity (Wildman–Crippen MR) is 114 cm³/mol. The summed E-state index contributed by atoms with van der Waals surface area (Å²) in [7, 11) is 0. The molecule has 4 aromatic rings. The fraction of sp³-hybridized carbons (Fsp3) is 0.125. The largest absolute Gasteiger partial charge is 0.309 e. The minimum atomic E-state index is -0.0731. The fourth-order valence-corrected chi connectivity index (χ4v) is 4.53. The van der Waals surface area contributed by atoms with Gasteiger partial charge in [-0.3, -0.25) is 4.98 Å². The minimum Gasteiger partial charge on any atom is -0.309 e. The molecule has 3 heteroatoms. The van der Waals surface area contributed by atoms with Gasteiger partial charge in [0.25, 0.3) is 0 Å². The van der Waals surface area contributed by atoms with E-state index in [0.717, 1.165) is 21.6 Å². The van der Waals surface area contributed by atoms with Gasteiger partial charge in [-0.15, -0.1) is 0 Å². The van der Waals surface area contributed by atoms with Crippen LogP contribution in [0.2, 0.25) is 5.02 Å². The number of halogens is 1. The van der Waals surface area contributed by atoms with Gasteiger partial charge in [-0.1, -0.05) is 67.9 Å². The number of para-hydroxylation sites is 2. The van der Waals surface area contributed by atoms with Crippen LogP contribution in [0.25, 0.3) is 10.9 Å². The van der Waals surface area contributed by atoms with E-state index in [-0.39, 0.29) is 5.41 Å². The molecule has 0 unspecified atom stereocenters. The third-order valence-corrected chi connectivity index (χ3v) is 5.89. The molecule has 5 rings (SSSR count). The zero-order valence-corrected chi connectivity index (χ0v) is 16.0. The summed E-state index contributed by atoms with van der Waals surface area (Å²) in [6.45, 7) is 4.58. The number of nitrogens with zero attached hydrogens (tertiary/aromatic N) is 2. The predicted octanol–water partition coefficient (Wildman–Crippen LogP) is 7.00. The molecule has 3 aromatic carbocycles. The number of aromatic nitrogens is 1. The van der Waals surface area contributed by atoms with Crippen molar-refractivity contribution in [3.63, 3.8) is 0 Å². The second-order valence-corrected chi connectivity index (χ2v) is 7.87. The lowest BCUT2D eigenvalue weighted by molar-refractivity contribution is 0.632. The lowest BCUT2D eigenvalue weighted by Gasteiger charge is -2.42. The fourth-order valence-electron chi connectivity index (χ4n) is 4.26. The molecule has 0 saturated carbocycles. The van der Waals surface area contributed by atoms with Crippen LogP contribution in [0.5, 0.6) is 0 Å². The maximum absolute atomic E-state index is 6.62. The maximum atomic E-state index is 6.62. The van der Waals surface area contributed by atoms with Crippen molar-refractivity contribution in [1.82, 2.24) is 4.98 Å². The van der Waals surface area contributed by atoms with Gasteiger partial charge in [-0.05, 0) is 41.5 Å². The Balaban J connectivity index is 1.90. The van der Waals surface area contributed by atoms with E-state index in [0.29, 0.717) is 0 Å². The van der Waals surface area contributed by atoms with Crippen LogP contribution in [0.1, 0.15) is 25.0 Å². The van der Waals surface area contributed by atoms with Crippen LogP contribution in [0.15, 0.2) is 79.0 Å². The summed E-state index contributed by atoms with van der Waals surface area (Å²) in [6.07, 6.45) is 1.86. The Morgan fingerprint density at radius 3 is 2.04 bits per heavy atom.